The normalized spacial score (nSPS) is 21.4. The first-order valence-corrected chi connectivity index (χ1v) is 14.6. The van der Waals surface area contributed by atoms with Gasteiger partial charge >= 0.3 is 0 Å². The fraction of sp³-hybridized carbons (Fsp3) is 0.583. The number of aromatic nitrogens is 5. The van der Waals surface area contributed by atoms with E-state index in [1.165, 1.54) is 16.9 Å². The maximum absolute atomic E-state index is 13.7. The average Bonchev–Trinajstić information content (AvgIpc) is 3.72. The van der Waals surface area contributed by atoms with Gasteiger partial charge < -0.3 is 15.0 Å². The first kappa shape index (κ1) is 27.4. The van der Waals surface area contributed by atoms with Gasteiger partial charge in [-0.1, -0.05) is 19.3 Å². The van der Waals surface area contributed by atoms with E-state index >= 15 is 0 Å². The smallest absolute Gasteiger partial charge is 0.284 e. The molecule has 39 heavy (non-hydrogen) atoms. The molecule has 2 saturated heterocycles. The summed E-state index contributed by atoms with van der Waals surface area (Å²) in [5, 5.41) is 11.0. The summed E-state index contributed by atoms with van der Waals surface area (Å²) < 4.78 is 59.6. The predicted octanol–water partition coefficient (Wildman–Crippen LogP) is 3.44. The molecule has 2 aliphatic heterocycles. The Morgan fingerprint density at radius 2 is 2.00 bits per heavy atom. The Bertz CT molecular complexity index is 1440. The number of hydrogen-bond acceptors (Lipinski definition) is 9. The van der Waals surface area contributed by atoms with Crippen LogP contribution in [0.1, 0.15) is 68.5 Å². The molecule has 1 saturated carbocycles. The molecular weight excluding hydrogens is 536 g/mol. The minimum atomic E-state index is -3.16. The van der Waals surface area contributed by atoms with Crippen LogP contribution in [0.3, 0.4) is 0 Å². The highest BCUT2D eigenvalue weighted by Crippen LogP contribution is 2.34. The Hall–Kier alpha value is -3.17. The van der Waals surface area contributed by atoms with E-state index in [1.54, 1.807) is 10.9 Å². The fourth-order valence-electron chi connectivity index (χ4n) is 5.25. The Labute approximate surface area is 225 Å². The van der Waals surface area contributed by atoms with E-state index < -0.39 is 28.1 Å². The molecular formula is C24H33F2N7O5S. The number of carbonyl (C=O) groups is 1. The van der Waals surface area contributed by atoms with Gasteiger partial charge in [-0.25, -0.2) is 18.3 Å². The minimum Gasteiger partial charge on any atom is -0.374 e. The molecule has 0 spiro atoms. The summed E-state index contributed by atoms with van der Waals surface area (Å²) in [6.45, 7) is 1.44. The number of carbonyl (C=O) groups excluding carboxylic acids is 1. The van der Waals surface area contributed by atoms with Crippen LogP contribution in [0.4, 0.5) is 20.3 Å². The van der Waals surface area contributed by atoms with Gasteiger partial charge in [0, 0.05) is 20.4 Å². The van der Waals surface area contributed by atoms with Gasteiger partial charge in [-0.15, -0.1) is 0 Å². The van der Waals surface area contributed by atoms with Crippen LogP contribution in [0, 0.1) is 0 Å². The van der Waals surface area contributed by atoms with E-state index in [4.69, 9.17) is 4.74 Å². The molecule has 5 heterocycles. The Morgan fingerprint density at radius 1 is 1.26 bits per heavy atom. The number of amides is 1. The highest BCUT2D eigenvalue weighted by molar-refractivity contribution is 7.85. The number of anilines is 2. The molecule has 3 aromatic heterocycles. The Kier molecular flexibility index (Phi) is 7.82. The number of morpholine rings is 1. The number of hydrogen-bond donors (Lipinski definition) is 1. The summed E-state index contributed by atoms with van der Waals surface area (Å²) in [5.74, 6) is 0.220. The first-order valence-electron chi connectivity index (χ1n) is 12.8. The topological polar surface area (TPSA) is 133 Å². The van der Waals surface area contributed by atoms with Crippen molar-refractivity contribution in [3.8, 4) is 0 Å². The van der Waals surface area contributed by atoms with Crippen LogP contribution in [-0.4, -0.2) is 77.4 Å². The lowest BCUT2D eigenvalue weighted by Crippen LogP contribution is -2.37. The number of alkyl halides is 2. The molecule has 3 aromatic rings. The van der Waals surface area contributed by atoms with Crippen molar-refractivity contribution in [2.24, 2.45) is 0 Å². The van der Waals surface area contributed by atoms with Crippen molar-refractivity contribution in [2.45, 2.75) is 63.1 Å². The third-order valence-corrected chi connectivity index (χ3v) is 7.87. The summed E-state index contributed by atoms with van der Waals surface area (Å²) in [6.07, 6.45) is 9.16. The quantitative estimate of drug-likeness (QED) is 0.443. The lowest BCUT2D eigenvalue weighted by Gasteiger charge is -2.27. The predicted molar refractivity (Wildman–Crippen MR) is 140 cm³/mol. The molecule has 1 amide bonds. The van der Waals surface area contributed by atoms with Crippen molar-refractivity contribution in [3.05, 3.63) is 35.9 Å². The van der Waals surface area contributed by atoms with Crippen molar-refractivity contribution >= 4 is 33.2 Å². The number of rotatable bonds is 6. The molecule has 3 aliphatic rings. The molecule has 214 valence electrons. The Morgan fingerprint density at radius 3 is 2.62 bits per heavy atom. The van der Waals surface area contributed by atoms with Crippen molar-refractivity contribution in [2.75, 3.05) is 36.7 Å². The molecule has 0 aromatic carbocycles. The summed E-state index contributed by atoms with van der Waals surface area (Å²) in [6, 6.07) is 2.23. The monoisotopic (exact) mass is 569 g/mol. The standard InChI is InChI=1S/C22H25F2N7O2.C2H6O3S.H2/c23-20(24)19-17(11-31(28-19)13-4-2-1-3-5-13)26-22(32)16-9-25-30-7-6-18(27-21(16)30)29-10-15-8-14(29)12-33-15;1-5-6(2,3)4;/h6-7,9,11,13-15,20H,1-5,8,10,12H2,(H,26,32);1-2H3;1H/t14?,15-;;/m1../s1. The second-order valence-electron chi connectivity index (χ2n) is 9.93. The average molecular weight is 570 g/mol. The maximum Gasteiger partial charge on any atom is 0.284 e. The first-order chi connectivity index (χ1) is 18.6. The molecule has 1 N–H and O–H groups in total. The van der Waals surface area contributed by atoms with Crippen LogP contribution in [0.15, 0.2) is 24.7 Å². The van der Waals surface area contributed by atoms with E-state index in [1.807, 2.05) is 6.07 Å². The van der Waals surface area contributed by atoms with Crippen LogP contribution >= 0.6 is 0 Å². The van der Waals surface area contributed by atoms with Crippen molar-refractivity contribution in [3.63, 3.8) is 0 Å². The fourth-order valence-corrected chi connectivity index (χ4v) is 5.25. The van der Waals surface area contributed by atoms with Crippen molar-refractivity contribution in [1.29, 1.82) is 0 Å². The number of fused-ring (bicyclic) bond motifs is 3. The molecule has 1 unspecified atom stereocenters. The highest BCUT2D eigenvalue weighted by atomic mass is 32.2. The van der Waals surface area contributed by atoms with Gasteiger partial charge in [-0.05, 0) is 25.3 Å². The molecule has 15 heteroatoms. The number of nitrogens with zero attached hydrogens (tertiary/aromatic N) is 6. The Balaban J connectivity index is 0.000000480. The zero-order valence-electron chi connectivity index (χ0n) is 21.7. The van der Waals surface area contributed by atoms with Gasteiger partial charge in [0.25, 0.3) is 22.5 Å². The van der Waals surface area contributed by atoms with Gasteiger partial charge in [0.2, 0.25) is 0 Å². The lowest BCUT2D eigenvalue weighted by atomic mass is 9.96. The van der Waals surface area contributed by atoms with Gasteiger partial charge in [0.05, 0.1) is 50.0 Å². The van der Waals surface area contributed by atoms with E-state index in [-0.39, 0.29) is 30.9 Å². The molecule has 3 fully saturated rings. The molecule has 6 rings (SSSR count). The van der Waals surface area contributed by atoms with Crippen LogP contribution in [0.5, 0.6) is 0 Å². The van der Waals surface area contributed by atoms with Crippen molar-refractivity contribution in [1.82, 2.24) is 24.4 Å². The largest absolute Gasteiger partial charge is 0.374 e. The second kappa shape index (κ2) is 11.1. The van der Waals surface area contributed by atoms with Crippen LogP contribution in [0.25, 0.3) is 5.65 Å². The van der Waals surface area contributed by atoms with Crippen molar-refractivity contribution < 1.29 is 32.3 Å². The number of nitrogens with one attached hydrogen (secondary N) is 1. The molecule has 2 bridgehead atoms. The number of halogens is 2. The van der Waals surface area contributed by atoms with Gasteiger partial charge in [-0.2, -0.15) is 18.6 Å². The van der Waals surface area contributed by atoms with E-state index in [2.05, 4.69) is 29.6 Å². The SMILES string of the molecule is COS(C)(=O)=O.O=C(Nc1cn(C2CCCCC2)nc1C(F)F)c1cnn2ccc(N3C[C@H]4CC3CO4)nc12.[HH]. The maximum atomic E-state index is 13.7. The summed E-state index contributed by atoms with van der Waals surface area (Å²) >= 11 is 0. The molecule has 1 aliphatic carbocycles. The van der Waals surface area contributed by atoms with E-state index in [0.717, 1.165) is 64.3 Å². The van der Waals surface area contributed by atoms with Crippen LogP contribution in [0.2, 0.25) is 0 Å². The molecule has 2 atom stereocenters. The summed E-state index contributed by atoms with van der Waals surface area (Å²) in [4.78, 5) is 20.0. The summed E-state index contributed by atoms with van der Waals surface area (Å²) in [7, 11) is -2.04. The number of ether oxygens (including phenoxy) is 1. The van der Waals surface area contributed by atoms with Gasteiger partial charge in [0.15, 0.2) is 11.3 Å². The zero-order chi connectivity index (χ0) is 27.7. The van der Waals surface area contributed by atoms with E-state index in [9.17, 15) is 22.0 Å². The third-order valence-electron chi connectivity index (χ3n) is 7.26. The second-order valence-corrected chi connectivity index (χ2v) is 11.7. The lowest BCUT2D eigenvalue weighted by molar-refractivity contribution is 0.0988. The molecule has 0 radical (unpaired) electrons. The molecule has 12 nitrogen and oxygen atoms in total. The van der Waals surface area contributed by atoms with E-state index in [0.29, 0.717) is 12.3 Å². The van der Waals surface area contributed by atoms with Crippen LogP contribution < -0.4 is 10.2 Å². The van der Waals surface area contributed by atoms with Gasteiger partial charge in [0.1, 0.15) is 11.4 Å². The third kappa shape index (κ3) is 6.04. The summed E-state index contributed by atoms with van der Waals surface area (Å²) in [5.41, 5.74) is 0.229. The zero-order valence-corrected chi connectivity index (χ0v) is 22.5. The van der Waals surface area contributed by atoms with Crippen LogP contribution in [-0.2, 0) is 19.0 Å². The highest BCUT2D eigenvalue weighted by Gasteiger charge is 2.39. The van der Waals surface area contributed by atoms with Gasteiger partial charge in [-0.3, -0.25) is 13.7 Å². The minimum absolute atomic E-state index is 0.